The maximum Gasteiger partial charge on any atom is 0.133 e. The minimum atomic E-state index is 0.332. The van der Waals surface area contributed by atoms with Crippen molar-refractivity contribution in [3.8, 4) is 0 Å². The molecule has 46 valence electrons. The zero-order chi connectivity index (χ0) is 6.41. The molecule has 0 heterocycles. The molecule has 3 nitrogen and oxygen atoms in total. The minimum absolute atomic E-state index is 0.332. The largest absolute Gasteiger partial charge is 0.302 e. The van der Waals surface area contributed by atoms with Crippen molar-refractivity contribution in [1.29, 1.82) is 0 Å². The lowest BCUT2D eigenvalue weighted by Crippen LogP contribution is -2.22. The van der Waals surface area contributed by atoms with Crippen molar-refractivity contribution in [2.45, 2.75) is 0 Å². The Balaban J connectivity index is 3.16. The summed E-state index contributed by atoms with van der Waals surface area (Å²) in [5.74, 6) is 0. The zero-order valence-corrected chi connectivity index (χ0v) is 4.83. The van der Waals surface area contributed by atoms with Crippen LogP contribution in [0.1, 0.15) is 0 Å². The van der Waals surface area contributed by atoms with Gasteiger partial charge in [0, 0.05) is 0 Å². The van der Waals surface area contributed by atoms with Gasteiger partial charge in [0.25, 0.3) is 0 Å². The summed E-state index contributed by atoms with van der Waals surface area (Å²) in [7, 11) is 1.71. The highest BCUT2D eigenvalue weighted by molar-refractivity contribution is 5.55. The Kier molecular flexibility index (Phi) is 4.07. The number of aldehydes is 2. The van der Waals surface area contributed by atoms with E-state index in [2.05, 4.69) is 0 Å². The Labute approximate surface area is 48.3 Å². The van der Waals surface area contributed by atoms with Crippen LogP contribution >= 0.6 is 0 Å². The fraction of sp³-hybridized carbons (Fsp3) is 0.600. The summed E-state index contributed by atoms with van der Waals surface area (Å²) in [4.78, 5) is 21.1. The predicted octanol–water partition coefficient (Wildman–Crippen LogP) is -0.684. The molecule has 0 aliphatic rings. The first kappa shape index (κ1) is 7.30. The number of carbonyl (C=O) groups is 2. The maximum atomic E-state index is 9.73. The zero-order valence-electron chi connectivity index (χ0n) is 4.83. The van der Waals surface area contributed by atoms with Crippen molar-refractivity contribution < 1.29 is 9.59 Å². The number of nitrogens with zero attached hydrogens (tertiary/aromatic N) is 1. The van der Waals surface area contributed by atoms with Crippen molar-refractivity contribution in [1.82, 2.24) is 4.90 Å². The lowest BCUT2D eigenvalue weighted by atomic mass is 10.6. The van der Waals surface area contributed by atoms with Gasteiger partial charge in [-0.15, -0.1) is 0 Å². The lowest BCUT2D eigenvalue weighted by Gasteiger charge is -2.05. The van der Waals surface area contributed by atoms with Crippen LogP contribution in [0.2, 0.25) is 0 Å². The molecule has 0 rings (SSSR count). The average molecular weight is 115 g/mol. The molecule has 0 aliphatic heterocycles. The Bertz CT molecular complexity index is 72.5. The van der Waals surface area contributed by atoms with E-state index in [9.17, 15) is 9.59 Å². The standard InChI is InChI=1S/C5H9NO2/c1-6(2-4-7)3-5-8/h4-5H,2-3H2,1H3. The molecule has 0 aromatic rings. The van der Waals surface area contributed by atoms with Gasteiger partial charge in [-0.25, -0.2) is 0 Å². The van der Waals surface area contributed by atoms with Gasteiger partial charge in [0.1, 0.15) is 12.6 Å². The van der Waals surface area contributed by atoms with Gasteiger partial charge in [0.15, 0.2) is 0 Å². The van der Waals surface area contributed by atoms with E-state index >= 15 is 0 Å². The SMILES string of the molecule is CN(CC=O)CC=O. The van der Waals surface area contributed by atoms with Crippen LogP contribution in [0.25, 0.3) is 0 Å². The molecule has 0 unspecified atom stereocenters. The van der Waals surface area contributed by atoms with Crippen LogP contribution in [0.3, 0.4) is 0 Å². The van der Waals surface area contributed by atoms with E-state index in [1.807, 2.05) is 0 Å². The van der Waals surface area contributed by atoms with Gasteiger partial charge in [-0.05, 0) is 7.05 Å². The molecule has 0 aromatic carbocycles. The summed E-state index contributed by atoms with van der Waals surface area (Å²) >= 11 is 0. The molecule has 8 heavy (non-hydrogen) atoms. The molecule has 0 fully saturated rings. The van der Waals surface area contributed by atoms with Gasteiger partial charge in [0.05, 0.1) is 13.1 Å². The monoisotopic (exact) mass is 115 g/mol. The summed E-state index contributed by atoms with van der Waals surface area (Å²) in [6, 6.07) is 0. The second-order valence-corrected chi connectivity index (χ2v) is 1.55. The predicted molar refractivity (Wildman–Crippen MR) is 29.6 cm³/mol. The van der Waals surface area contributed by atoms with Crippen LogP contribution in [0.5, 0.6) is 0 Å². The summed E-state index contributed by atoms with van der Waals surface area (Å²) in [6.07, 6.45) is 1.53. The number of rotatable bonds is 4. The second kappa shape index (κ2) is 4.46. The molecule has 0 bridgehead atoms. The maximum absolute atomic E-state index is 9.73. The first-order valence-corrected chi connectivity index (χ1v) is 2.37. The Morgan fingerprint density at radius 3 is 1.88 bits per heavy atom. The fourth-order valence-corrected chi connectivity index (χ4v) is 0.329. The summed E-state index contributed by atoms with van der Waals surface area (Å²) < 4.78 is 0. The molecule has 0 N–H and O–H groups in total. The van der Waals surface area contributed by atoms with Crippen molar-refractivity contribution in [3.63, 3.8) is 0 Å². The van der Waals surface area contributed by atoms with E-state index in [-0.39, 0.29) is 0 Å². The molecular formula is C5H9NO2. The van der Waals surface area contributed by atoms with Crippen LogP contribution in [0.4, 0.5) is 0 Å². The van der Waals surface area contributed by atoms with Crippen LogP contribution in [-0.2, 0) is 9.59 Å². The van der Waals surface area contributed by atoms with Gasteiger partial charge in [-0.1, -0.05) is 0 Å². The molecule has 0 aliphatic carbocycles. The first-order chi connectivity index (χ1) is 3.81. The molecule has 0 spiro atoms. The van der Waals surface area contributed by atoms with E-state index in [0.29, 0.717) is 13.1 Å². The van der Waals surface area contributed by atoms with Gasteiger partial charge < -0.3 is 9.59 Å². The molecule has 0 amide bonds. The molecular weight excluding hydrogens is 106 g/mol. The van der Waals surface area contributed by atoms with Crippen LogP contribution in [0.15, 0.2) is 0 Å². The van der Waals surface area contributed by atoms with Crippen molar-refractivity contribution >= 4 is 12.6 Å². The second-order valence-electron chi connectivity index (χ2n) is 1.55. The Hall–Kier alpha value is -0.700. The number of carbonyl (C=O) groups excluding carboxylic acids is 2. The van der Waals surface area contributed by atoms with Gasteiger partial charge >= 0.3 is 0 Å². The van der Waals surface area contributed by atoms with Crippen molar-refractivity contribution in [3.05, 3.63) is 0 Å². The molecule has 0 radical (unpaired) electrons. The molecule has 0 saturated heterocycles. The Morgan fingerprint density at radius 2 is 1.62 bits per heavy atom. The summed E-state index contributed by atoms with van der Waals surface area (Å²) in [5.41, 5.74) is 0. The van der Waals surface area contributed by atoms with Gasteiger partial charge in [0.2, 0.25) is 0 Å². The van der Waals surface area contributed by atoms with Crippen molar-refractivity contribution in [2.75, 3.05) is 20.1 Å². The van der Waals surface area contributed by atoms with E-state index in [1.165, 1.54) is 0 Å². The third-order valence-electron chi connectivity index (χ3n) is 0.772. The highest BCUT2D eigenvalue weighted by Gasteiger charge is 1.90. The van der Waals surface area contributed by atoms with Crippen LogP contribution in [-0.4, -0.2) is 37.6 Å². The number of hydrogen-bond donors (Lipinski definition) is 0. The smallest absolute Gasteiger partial charge is 0.133 e. The average Bonchev–Trinajstić information content (AvgIpc) is 1.68. The summed E-state index contributed by atoms with van der Waals surface area (Å²) in [6.45, 7) is 0.664. The topological polar surface area (TPSA) is 37.4 Å². The van der Waals surface area contributed by atoms with E-state index in [4.69, 9.17) is 0 Å². The van der Waals surface area contributed by atoms with E-state index in [0.717, 1.165) is 12.6 Å². The lowest BCUT2D eigenvalue weighted by molar-refractivity contribution is -0.110. The highest BCUT2D eigenvalue weighted by atomic mass is 16.1. The molecule has 0 atom stereocenters. The number of hydrogen-bond acceptors (Lipinski definition) is 3. The van der Waals surface area contributed by atoms with E-state index < -0.39 is 0 Å². The number of likely N-dealkylation sites (N-methyl/N-ethyl adjacent to an activating group) is 1. The molecule has 3 heteroatoms. The quantitative estimate of drug-likeness (QED) is 0.455. The Morgan fingerprint density at radius 1 is 1.25 bits per heavy atom. The third kappa shape index (κ3) is 3.49. The van der Waals surface area contributed by atoms with Crippen LogP contribution < -0.4 is 0 Å². The molecule has 0 saturated carbocycles. The summed E-state index contributed by atoms with van der Waals surface area (Å²) in [5, 5.41) is 0. The van der Waals surface area contributed by atoms with Gasteiger partial charge in [-0.2, -0.15) is 0 Å². The normalized spacial score (nSPS) is 9.25. The van der Waals surface area contributed by atoms with Crippen LogP contribution in [0, 0.1) is 0 Å². The fourth-order valence-electron chi connectivity index (χ4n) is 0.329. The van der Waals surface area contributed by atoms with E-state index in [1.54, 1.807) is 11.9 Å². The first-order valence-electron chi connectivity index (χ1n) is 2.37. The van der Waals surface area contributed by atoms with Gasteiger partial charge in [-0.3, -0.25) is 4.90 Å². The minimum Gasteiger partial charge on any atom is -0.302 e. The highest BCUT2D eigenvalue weighted by Crippen LogP contribution is 1.71. The van der Waals surface area contributed by atoms with Crippen molar-refractivity contribution in [2.24, 2.45) is 0 Å². The molecule has 0 aromatic heterocycles. The third-order valence-corrected chi connectivity index (χ3v) is 0.772.